The van der Waals surface area contributed by atoms with Crippen LogP contribution >= 0.6 is 10.8 Å². The van der Waals surface area contributed by atoms with Gasteiger partial charge in [0.05, 0.1) is 11.3 Å². The van der Waals surface area contributed by atoms with E-state index in [0.29, 0.717) is 18.5 Å². The second-order valence-corrected chi connectivity index (χ2v) is 7.76. The van der Waals surface area contributed by atoms with Crippen LogP contribution in [0.25, 0.3) is 22.2 Å². The first-order valence-electron chi connectivity index (χ1n) is 7.41. The summed E-state index contributed by atoms with van der Waals surface area (Å²) in [6.07, 6.45) is 2.10. The molecule has 1 aliphatic rings. The van der Waals surface area contributed by atoms with Crippen molar-refractivity contribution < 1.29 is 23.7 Å². The molecule has 3 aromatic rings. The molecule has 24 heavy (non-hydrogen) atoms. The Balaban J connectivity index is 1.82. The van der Waals surface area contributed by atoms with Crippen LogP contribution in [0.3, 0.4) is 0 Å². The van der Waals surface area contributed by atoms with Gasteiger partial charge in [-0.05, 0) is 18.6 Å². The first-order chi connectivity index (χ1) is 11.5. The molecule has 0 saturated carbocycles. The van der Waals surface area contributed by atoms with Gasteiger partial charge < -0.3 is 14.6 Å². The summed E-state index contributed by atoms with van der Waals surface area (Å²) in [5.41, 5.74) is 1.29. The van der Waals surface area contributed by atoms with Gasteiger partial charge in [0.25, 0.3) is 5.88 Å². The lowest BCUT2D eigenvalue weighted by atomic mass is 10.1. The molecule has 2 aromatic heterocycles. The van der Waals surface area contributed by atoms with E-state index in [-0.39, 0.29) is 17.4 Å². The van der Waals surface area contributed by atoms with Crippen molar-refractivity contribution in [3.05, 3.63) is 36.5 Å². The number of aromatic nitrogens is 1. The fourth-order valence-electron chi connectivity index (χ4n) is 2.85. The van der Waals surface area contributed by atoms with Crippen LogP contribution in [0.4, 0.5) is 5.88 Å². The molecule has 4 N–H and O–H groups in total. The van der Waals surface area contributed by atoms with Gasteiger partial charge in [-0.3, -0.25) is 14.1 Å². The predicted molar refractivity (Wildman–Crippen MR) is 92.5 cm³/mol. The zero-order chi connectivity index (χ0) is 16.9. The van der Waals surface area contributed by atoms with Gasteiger partial charge in [-0.2, -0.15) is 0 Å². The summed E-state index contributed by atoms with van der Waals surface area (Å²) in [6.45, 7) is 0.332. The molecule has 0 radical (unpaired) electrons. The lowest BCUT2D eigenvalue weighted by molar-refractivity contribution is 0.409. The zero-order valence-corrected chi connectivity index (χ0v) is 13.4. The first-order valence-corrected chi connectivity index (χ1v) is 9.08. The second kappa shape index (κ2) is 5.30. The Morgan fingerprint density at radius 1 is 1.12 bits per heavy atom. The summed E-state index contributed by atoms with van der Waals surface area (Å²) < 4.78 is 26.9. The number of benzene rings is 1. The molecule has 3 heterocycles. The number of hydrogen-bond donors (Lipinski definition) is 4. The number of anilines is 1. The highest BCUT2D eigenvalue weighted by molar-refractivity contribution is 8.25. The number of hydrogen-bond acceptors (Lipinski definition) is 7. The quantitative estimate of drug-likeness (QED) is 0.558. The van der Waals surface area contributed by atoms with E-state index in [1.54, 1.807) is 6.07 Å². The Morgan fingerprint density at radius 2 is 1.92 bits per heavy atom. The minimum absolute atomic E-state index is 0.0443. The van der Waals surface area contributed by atoms with Gasteiger partial charge in [0.2, 0.25) is 11.5 Å². The number of fused-ring (bicyclic) bond motifs is 1. The van der Waals surface area contributed by atoms with Crippen molar-refractivity contribution in [2.24, 2.45) is 0 Å². The number of para-hydroxylation sites is 1. The van der Waals surface area contributed by atoms with Gasteiger partial charge in [-0.15, -0.1) is 10.8 Å². The largest absolute Gasteiger partial charge is 0.502 e. The predicted octanol–water partition coefficient (Wildman–Crippen LogP) is 3.78. The van der Waals surface area contributed by atoms with Crippen LogP contribution in [0.1, 0.15) is 6.42 Å². The van der Waals surface area contributed by atoms with Gasteiger partial charge in [0, 0.05) is 23.7 Å². The van der Waals surface area contributed by atoms with Crippen LogP contribution < -0.4 is 4.31 Å². The highest BCUT2D eigenvalue weighted by atomic mass is 32.3. The average molecular weight is 348 g/mol. The van der Waals surface area contributed by atoms with Gasteiger partial charge in [0.15, 0.2) is 5.76 Å². The highest BCUT2D eigenvalue weighted by Crippen LogP contribution is 2.57. The third-order valence-electron chi connectivity index (χ3n) is 4.05. The average Bonchev–Trinajstić information content (AvgIpc) is 3.07. The molecule has 1 aromatic carbocycles. The molecule has 1 fully saturated rings. The molecule has 7 nitrogen and oxygen atoms in total. The van der Waals surface area contributed by atoms with E-state index in [4.69, 9.17) is 4.42 Å². The minimum atomic E-state index is -3.03. The third kappa shape index (κ3) is 2.27. The van der Waals surface area contributed by atoms with Gasteiger partial charge >= 0.3 is 0 Å². The second-order valence-electron chi connectivity index (χ2n) is 5.64. The highest BCUT2D eigenvalue weighted by Gasteiger charge is 2.36. The third-order valence-corrected chi connectivity index (χ3v) is 5.94. The van der Waals surface area contributed by atoms with Crippen molar-refractivity contribution in [1.29, 1.82) is 0 Å². The summed E-state index contributed by atoms with van der Waals surface area (Å²) in [5.74, 6) is -0.818. The monoisotopic (exact) mass is 348 g/mol. The maximum atomic E-state index is 10.2. The van der Waals surface area contributed by atoms with Crippen LogP contribution in [0, 0.1) is 0 Å². The molecule has 0 unspecified atom stereocenters. The van der Waals surface area contributed by atoms with Crippen molar-refractivity contribution in [3.8, 4) is 22.8 Å². The topological polar surface area (TPSA) is 110 Å². The Bertz CT molecular complexity index is 924. The van der Waals surface area contributed by atoms with E-state index in [2.05, 4.69) is 4.98 Å². The number of aromatic hydroxyl groups is 2. The van der Waals surface area contributed by atoms with Crippen LogP contribution in [0.15, 0.2) is 40.9 Å². The zero-order valence-electron chi connectivity index (χ0n) is 12.6. The minimum Gasteiger partial charge on any atom is -0.502 e. The van der Waals surface area contributed by atoms with Crippen LogP contribution in [-0.4, -0.2) is 36.6 Å². The van der Waals surface area contributed by atoms with E-state index in [9.17, 15) is 19.3 Å². The number of pyridine rings is 1. The van der Waals surface area contributed by atoms with Crippen LogP contribution in [0.2, 0.25) is 0 Å². The standard InChI is InChI=1S/C16H16N2O5S/c19-13-14(20)16(18-6-3-7-24(18,21)22)23-15(13)11-8-10-4-1-2-5-12(10)17-9-11/h1-2,4-5,8-9,19-22H,3,6-7H2. The lowest BCUT2D eigenvalue weighted by Crippen LogP contribution is -2.21. The smallest absolute Gasteiger partial charge is 0.261 e. The van der Waals surface area contributed by atoms with E-state index < -0.39 is 22.3 Å². The van der Waals surface area contributed by atoms with Crippen molar-refractivity contribution >= 4 is 27.6 Å². The van der Waals surface area contributed by atoms with Gasteiger partial charge in [-0.1, -0.05) is 18.2 Å². The van der Waals surface area contributed by atoms with E-state index >= 15 is 0 Å². The summed E-state index contributed by atoms with van der Waals surface area (Å²) >= 11 is 0. The molecule has 1 aliphatic heterocycles. The number of furan rings is 1. The molecular formula is C16H16N2O5S. The normalized spacial score (nSPS) is 18.2. The molecule has 0 aliphatic carbocycles. The van der Waals surface area contributed by atoms with Gasteiger partial charge in [0.1, 0.15) is 0 Å². The van der Waals surface area contributed by atoms with Crippen molar-refractivity contribution in [2.45, 2.75) is 6.42 Å². The van der Waals surface area contributed by atoms with Crippen LogP contribution in [0.5, 0.6) is 11.5 Å². The maximum Gasteiger partial charge on any atom is 0.261 e. The molecule has 8 heteroatoms. The molecule has 126 valence electrons. The van der Waals surface area contributed by atoms with E-state index in [1.807, 2.05) is 24.3 Å². The van der Waals surface area contributed by atoms with E-state index in [0.717, 1.165) is 10.9 Å². The Kier molecular flexibility index (Phi) is 3.34. The molecule has 1 saturated heterocycles. The van der Waals surface area contributed by atoms with Gasteiger partial charge in [-0.25, -0.2) is 4.31 Å². The van der Waals surface area contributed by atoms with Crippen molar-refractivity contribution in [1.82, 2.24) is 4.98 Å². The summed E-state index contributed by atoms with van der Waals surface area (Å²) in [4.78, 5) is 4.30. The maximum absolute atomic E-state index is 10.2. The molecule has 0 bridgehead atoms. The van der Waals surface area contributed by atoms with Crippen molar-refractivity contribution in [3.63, 3.8) is 0 Å². The SMILES string of the molecule is Oc1c(-c2cnc3ccccc3c2)oc(N2CCCS2(O)O)c1O. The van der Waals surface area contributed by atoms with Crippen molar-refractivity contribution in [2.75, 3.05) is 16.6 Å². The summed E-state index contributed by atoms with van der Waals surface area (Å²) in [5, 5.41) is 21.3. The number of rotatable bonds is 2. The van der Waals surface area contributed by atoms with Crippen LogP contribution in [-0.2, 0) is 0 Å². The molecular weight excluding hydrogens is 332 g/mol. The fourth-order valence-corrected chi connectivity index (χ4v) is 4.40. The molecule has 0 amide bonds. The van der Waals surface area contributed by atoms with E-state index in [1.165, 1.54) is 10.5 Å². The molecule has 0 atom stereocenters. The molecule has 4 rings (SSSR count). The molecule has 0 spiro atoms. The summed E-state index contributed by atoms with van der Waals surface area (Å²) in [6, 6.07) is 9.28. The Morgan fingerprint density at radius 3 is 2.67 bits per heavy atom. The number of nitrogens with zero attached hydrogens (tertiary/aromatic N) is 2. The first kappa shape index (κ1) is 15.1. The fraction of sp³-hybridized carbons (Fsp3) is 0.188. The lowest BCUT2D eigenvalue weighted by Gasteiger charge is -2.35. The summed E-state index contributed by atoms with van der Waals surface area (Å²) in [7, 11) is -3.03. The Hall–Kier alpha value is -2.42. The Labute approximate surface area is 139 Å².